The van der Waals surface area contributed by atoms with Crippen molar-refractivity contribution in [3.8, 4) is 17.0 Å². The van der Waals surface area contributed by atoms with E-state index in [2.05, 4.69) is 10.7 Å². The number of nitrogens with zero attached hydrogens (tertiary/aromatic N) is 2. The van der Waals surface area contributed by atoms with Gasteiger partial charge in [0.2, 0.25) is 0 Å². The summed E-state index contributed by atoms with van der Waals surface area (Å²) < 4.78 is 6.16. The molecule has 0 radical (unpaired) electrons. The molecule has 7 nitrogen and oxygen atoms in total. The monoisotopic (exact) mass is 428 g/mol. The Morgan fingerprint density at radius 3 is 2.56 bits per heavy atom. The number of benzene rings is 3. The second-order valence-corrected chi connectivity index (χ2v) is 7.62. The zero-order valence-corrected chi connectivity index (χ0v) is 17.5. The van der Waals surface area contributed by atoms with Crippen molar-refractivity contribution in [2.75, 3.05) is 31.7 Å². The molecule has 0 unspecified atom stereocenters. The number of hydrogen-bond acceptors (Lipinski definition) is 6. The number of nitrogens with one attached hydrogen (secondary N) is 2. The van der Waals surface area contributed by atoms with Gasteiger partial charge in [0.25, 0.3) is 0 Å². The van der Waals surface area contributed by atoms with Crippen molar-refractivity contribution in [2.24, 2.45) is 0 Å². The van der Waals surface area contributed by atoms with Crippen molar-refractivity contribution >= 4 is 16.7 Å². The van der Waals surface area contributed by atoms with Gasteiger partial charge in [-0.05, 0) is 17.7 Å². The van der Waals surface area contributed by atoms with Crippen molar-refractivity contribution < 1.29 is 14.6 Å². The van der Waals surface area contributed by atoms with E-state index in [1.54, 1.807) is 4.79 Å². The summed E-state index contributed by atoms with van der Waals surface area (Å²) in [4.78, 5) is 15.0. The number of carbonyl (C=O) groups excluding carboxylic acids is 1. The maximum Gasteiger partial charge on any atom is 0.194 e. The number of fused-ring (bicyclic) bond motifs is 2. The minimum Gasteiger partial charge on any atom is -0.488 e. The molecule has 0 fully saturated rings. The Morgan fingerprint density at radius 1 is 0.906 bits per heavy atom. The Kier molecular flexibility index (Phi) is 5.58. The number of aromatic nitrogens is 2. The van der Waals surface area contributed by atoms with Gasteiger partial charge in [0.15, 0.2) is 5.78 Å². The maximum absolute atomic E-state index is 13.3. The van der Waals surface area contributed by atoms with E-state index in [1.807, 2.05) is 66.7 Å². The Bertz CT molecular complexity index is 1270. The third-order valence-electron chi connectivity index (χ3n) is 5.55. The van der Waals surface area contributed by atoms with Gasteiger partial charge in [-0.15, -0.1) is 0 Å². The Balaban J connectivity index is 1.53. The van der Waals surface area contributed by atoms with Gasteiger partial charge in [0, 0.05) is 36.1 Å². The molecule has 3 N–H and O–H groups in total. The van der Waals surface area contributed by atoms with Crippen LogP contribution in [0.2, 0.25) is 0 Å². The Hall–Kier alpha value is -3.68. The topological polar surface area (TPSA) is 88.4 Å². The summed E-state index contributed by atoms with van der Waals surface area (Å²) in [6.45, 7) is 2.35. The number of carbonyl (C=O) groups is 1. The number of ether oxygens (including phenoxy) is 1. The predicted octanol–water partition coefficient (Wildman–Crippen LogP) is 2.95. The van der Waals surface area contributed by atoms with E-state index in [-0.39, 0.29) is 12.4 Å². The molecule has 3 aromatic carbocycles. The van der Waals surface area contributed by atoms with Crippen LogP contribution in [0, 0.1) is 0 Å². The molecule has 4 aromatic rings. The van der Waals surface area contributed by atoms with Gasteiger partial charge >= 0.3 is 0 Å². The highest BCUT2D eigenvalue weighted by atomic mass is 16.5. The fraction of sp³-hybridized carbons (Fsp3) is 0.200. The van der Waals surface area contributed by atoms with Crippen LogP contribution in [0.3, 0.4) is 0 Å². The second-order valence-electron chi connectivity index (χ2n) is 7.62. The normalized spacial score (nSPS) is 12.1. The van der Waals surface area contributed by atoms with Crippen LogP contribution in [0.4, 0.5) is 0 Å². The van der Waals surface area contributed by atoms with Gasteiger partial charge in [-0.2, -0.15) is 9.89 Å². The molecule has 32 heavy (non-hydrogen) atoms. The molecule has 7 heteroatoms. The number of aliphatic hydroxyl groups is 1. The molecule has 1 heterocycles. The third-order valence-corrected chi connectivity index (χ3v) is 5.55. The van der Waals surface area contributed by atoms with Crippen LogP contribution in [0.1, 0.15) is 21.5 Å². The average molecular weight is 428 g/mol. The summed E-state index contributed by atoms with van der Waals surface area (Å²) in [7, 11) is 0. The van der Waals surface area contributed by atoms with E-state index < -0.39 is 0 Å². The smallest absolute Gasteiger partial charge is 0.194 e. The quantitative estimate of drug-likeness (QED) is 0.313. The van der Waals surface area contributed by atoms with Gasteiger partial charge in [0.05, 0.1) is 17.7 Å². The largest absolute Gasteiger partial charge is 0.488 e. The lowest BCUT2D eigenvalue weighted by molar-refractivity contribution is 0.103. The molecule has 0 amide bonds. The van der Waals surface area contributed by atoms with Crippen LogP contribution < -0.4 is 15.5 Å². The molecule has 162 valence electrons. The fourth-order valence-electron chi connectivity index (χ4n) is 4.07. The number of aliphatic hydroxyl groups excluding tert-OH is 1. The highest BCUT2D eigenvalue weighted by molar-refractivity contribution is 6.25. The first-order valence-corrected chi connectivity index (χ1v) is 10.7. The second kappa shape index (κ2) is 8.82. The lowest BCUT2D eigenvalue weighted by Crippen LogP contribution is -2.29. The molecular weight excluding hydrogens is 404 g/mol. The predicted molar refractivity (Wildman–Crippen MR) is 124 cm³/mol. The first-order valence-electron chi connectivity index (χ1n) is 10.7. The molecule has 0 bridgehead atoms. The van der Waals surface area contributed by atoms with E-state index in [9.17, 15) is 4.79 Å². The lowest BCUT2D eigenvalue weighted by Gasteiger charge is -2.18. The van der Waals surface area contributed by atoms with Crippen LogP contribution >= 0.6 is 0 Å². The molecule has 0 saturated carbocycles. The Morgan fingerprint density at radius 2 is 1.72 bits per heavy atom. The molecule has 0 aliphatic heterocycles. The highest BCUT2D eigenvalue weighted by Crippen LogP contribution is 2.43. The Labute approximate surface area is 185 Å². The van der Waals surface area contributed by atoms with Gasteiger partial charge in [-0.1, -0.05) is 54.6 Å². The number of hydrogen-bond donors (Lipinski definition) is 3. The van der Waals surface area contributed by atoms with E-state index in [0.29, 0.717) is 43.1 Å². The zero-order chi connectivity index (χ0) is 21.9. The molecular formula is C25H24N4O3. The van der Waals surface area contributed by atoms with Crippen LogP contribution in [0.25, 0.3) is 22.2 Å². The van der Waals surface area contributed by atoms with Crippen LogP contribution in [-0.4, -0.2) is 47.0 Å². The average Bonchev–Trinajstić information content (AvgIpc) is 3.21. The third kappa shape index (κ3) is 3.62. The summed E-state index contributed by atoms with van der Waals surface area (Å²) in [5, 5.41) is 17.7. The number of rotatable bonds is 9. The van der Waals surface area contributed by atoms with E-state index >= 15 is 0 Å². The van der Waals surface area contributed by atoms with Crippen molar-refractivity contribution in [2.45, 2.75) is 6.61 Å². The molecule has 5 rings (SSSR count). The van der Waals surface area contributed by atoms with Crippen molar-refractivity contribution in [3.63, 3.8) is 0 Å². The minimum atomic E-state index is -0.0209. The lowest BCUT2D eigenvalue weighted by atomic mass is 9.87. The van der Waals surface area contributed by atoms with E-state index in [0.717, 1.165) is 27.7 Å². The first-order chi connectivity index (χ1) is 15.8. The fourth-order valence-corrected chi connectivity index (χ4v) is 4.07. The van der Waals surface area contributed by atoms with Crippen LogP contribution in [0.5, 0.6) is 5.75 Å². The van der Waals surface area contributed by atoms with Gasteiger partial charge < -0.3 is 20.6 Å². The van der Waals surface area contributed by atoms with Crippen LogP contribution in [0.15, 0.2) is 66.7 Å². The van der Waals surface area contributed by atoms with Gasteiger partial charge in [0.1, 0.15) is 18.1 Å². The molecule has 0 atom stereocenters. The van der Waals surface area contributed by atoms with Crippen LogP contribution in [-0.2, 0) is 6.61 Å². The van der Waals surface area contributed by atoms with Crippen molar-refractivity contribution in [3.05, 3.63) is 83.4 Å². The zero-order valence-electron chi connectivity index (χ0n) is 17.5. The summed E-state index contributed by atoms with van der Waals surface area (Å²) >= 11 is 0. The van der Waals surface area contributed by atoms with Gasteiger partial charge in [-0.25, -0.2) is 0 Å². The molecule has 0 spiro atoms. The molecule has 1 aliphatic carbocycles. The summed E-state index contributed by atoms with van der Waals surface area (Å²) in [5.74, 6) is 0.623. The SMILES string of the molecule is O=C1c2cccc(OCc3ccccc3)c2-c2nn(NCCNCCO)c3cccc1c23. The standard InChI is InChI=1S/C25H24N4O3/c30-15-14-26-12-13-27-29-20-10-4-8-18-22(20)24(28-29)23-19(25(18)31)9-5-11-21(23)32-16-17-6-2-1-3-7-17/h1-11,26-27,30H,12-16H2. The van der Waals surface area contributed by atoms with Crippen molar-refractivity contribution in [1.29, 1.82) is 0 Å². The summed E-state index contributed by atoms with van der Waals surface area (Å²) in [5.41, 5.74) is 7.91. The minimum absolute atomic E-state index is 0.0209. The maximum atomic E-state index is 13.3. The number of ketones is 1. The van der Waals surface area contributed by atoms with Crippen molar-refractivity contribution in [1.82, 2.24) is 15.2 Å². The molecule has 1 aliphatic rings. The summed E-state index contributed by atoms with van der Waals surface area (Å²) in [6.07, 6.45) is 0. The van der Waals surface area contributed by atoms with Gasteiger partial charge in [-0.3, -0.25) is 4.79 Å². The van der Waals surface area contributed by atoms with E-state index in [4.69, 9.17) is 14.9 Å². The summed E-state index contributed by atoms with van der Waals surface area (Å²) in [6, 6.07) is 21.2. The van der Waals surface area contributed by atoms with E-state index in [1.165, 1.54) is 0 Å². The highest BCUT2D eigenvalue weighted by Gasteiger charge is 2.31. The molecule has 0 saturated heterocycles. The molecule has 1 aromatic heterocycles. The first kappa shape index (κ1) is 20.2.